The Morgan fingerprint density at radius 3 is 2.56 bits per heavy atom. The van der Waals surface area contributed by atoms with E-state index in [4.69, 9.17) is 16.7 Å². The summed E-state index contributed by atoms with van der Waals surface area (Å²) in [6.07, 6.45) is 3.25. The first kappa shape index (κ1) is 23.9. The lowest BCUT2D eigenvalue weighted by atomic mass is 9.95. The van der Waals surface area contributed by atoms with E-state index in [0.717, 1.165) is 10.6 Å². The molecule has 0 unspecified atom stereocenters. The molecule has 32 heavy (non-hydrogen) atoms. The minimum atomic E-state index is -0.898. The van der Waals surface area contributed by atoms with Gasteiger partial charge in [-0.1, -0.05) is 32.4 Å². The molecule has 0 amide bonds. The van der Waals surface area contributed by atoms with E-state index in [1.807, 2.05) is 32.9 Å². The summed E-state index contributed by atoms with van der Waals surface area (Å²) >= 11 is 7.53. The van der Waals surface area contributed by atoms with Gasteiger partial charge in [-0.3, -0.25) is 14.4 Å². The highest BCUT2D eigenvalue weighted by atomic mass is 35.5. The van der Waals surface area contributed by atoms with Crippen molar-refractivity contribution in [1.82, 2.24) is 14.3 Å². The maximum Gasteiger partial charge on any atom is 0.303 e. The highest BCUT2D eigenvalue weighted by Gasteiger charge is 2.27. The molecule has 3 heterocycles. The van der Waals surface area contributed by atoms with E-state index in [1.165, 1.54) is 20.6 Å². The van der Waals surface area contributed by atoms with Crippen molar-refractivity contribution in [1.29, 1.82) is 0 Å². The fourth-order valence-corrected chi connectivity index (χ4v) is 4.36. The fourth-order valence-electron chi connectivity index (χ4n) is 3.27. The minimum Gasteiger partial charge on any atom is -0.481 e. The second kappa shape index (κ2) is 9.83. The number of hydrogen-bond donors (Lipinski definition) is 1. The van der Waals surface area contributed by atoms with Gasteiger partial charge in [-0.15, -0.1) is 11.3 Å². The maximum absolute atomic E-state index is 13.0. The zero-order valence-corrected chi connectivity index (χ0v) is 19.9. The number of aromatic nitrogens is 3. The third-order valence-corrected chi connectivity index (χ3v) is 6.25. The molecule has 170 valence electrons. The monoisotopic (exact) mass is 475 g/mol. The zero-order valence-electron chi connectivity index (χ0n) is 18.3. The van der Waals surface area contributed by atoms with Crippen LogP contribution >= 0.6 is 22.9 Å². The number of pyridine rings is 1. The van der Waals surface area contributed by atoms with Gasteiger partial charge in [0.1, 0.15) is 0 Å². The summed E-state index contributed by atoms with van der Waals surface area (Å²) in [6, 6.07) is 9.01. The molecule has 1 N–H and O–H groups in total. The molecule has 0 saturated carbocycles. The van der Waals surface area contributed by atoms with Gasteiger partial charge in [-0.2, -0.15) is 5.10 Å². The standard InChI is InChI=1S/C23H26ClN3O4S/c1-23(2,3)22(31)27-15(8-9-16-10-11-19(24)32-16)14-18(25-27)17-6-4-12-26(21(17)30)13-5-7-20(28)29/h4,6,10-12,14H,5,7-9,13H2,1-3H3,(H,28,29). The van der Waals surface area contributed by atoms with E-state index >= 15 is 0 Å². The molecule has 3 rings (SSSR count). The van der Waals surface area contributed by atoms with Crippen LogP contribution in [0.3, 0.4) is 0 Å². The molecule has 0 spiro atoms. The third kappa shape index (κ3) is 5.75. The smallest absolute Gasteiger partial charge is 0.303 e. The van der Waals surface area contributed by atoms with Gasteiger partial charge in [0.25, 0.3) is 11.5 Å². The summed E-state index contributed by atoms with van der Waals surface area (Å²) < 4.78 is 3.61. The Morgan fingerprint density at radius 1 is 1.19 bits per heavy atom. The summed E-state index contributed by atoms with van der Waals surface area (Å²) in [5, 5.41) is 13.4. The number of halogens is 1. The van der Waals surface area contributed by atoms with Gasteiger partial charge in [0.15, 0.2) is 0 Å². The molecule has 0 saturated heterocycles. The van der Waals surface area contributed by atoms with Crippen LogP contribution in [0.25, 0.3) is 11.3 Å². The number of hydrogen-bond acceptors (Lipinski definition) is 5. The van der Waals surface area contributed by atoms with Gasteiger partial charge >= 0.3 is 5.97 Å². The number of rotatable bonds is 8. The predicted molar refractivity (Wildman–Crippen MR) is 126 cm³/mol. The predicted octanol–water partition coefficient (Wildman–Crippen LogP) is 4.76. The average molecular weight is 476 g/mol. The number of nitrogens with zero attached hydrogens (tertiary/aromatic N) is 3. The number of carbonyl (C=O) groups is 2. The summed E-state index contributed by atoms with van der Waals surface area (Å²) in [7, 11) is 0. The molecule has 0 aliphatic carbocycles. The first-order chi connectivity index (χ1) is 15.1. The number of carboxylic acids is 1. The van der Waals surface area contributed by atoms with Gasteiger partial charge in [-0.25, -0.2) is 4.68 Å². The molecule has 0 radical (unpaired) electrons. The van der Waals surface area contributed by atoms with Crippen molar-refractivity contribution in [2.75, 3.05) is 0 Å². The molecule has 0 aliphatic rings. The van der Waals surface area contributed by atoms with Crippen LogP contribution in [0.2, 0.25) is 4.34 Å². The molecule has 0 bridgehead atoms. The molecule has 0 aromatic carbocycles. The van der Waals surface area contributed by atoms with Gasteiger partial charge in [0, 0.05) is 35.1 Å². The van der Waals surface area contributed by atoms with E-state index in [9.17, 15) is 14.4 Å². The van der Waals surface area contributed by atoms with Gasteiger partial charge < -0.3 is 9.67 Å². The first-order valence-corrected chi connectivity index (χ1v) is 11.6. The zero-order chi connectivity index (χ0) is 23.5. The lowest BCUT2D eigenvalue weighted by molar-refractivity contribution is -0.137. The Bertz CT molecular complexity index is 1190. The summed E-state index contributed by atoms with van der Waals surface area (Å²) in [6.45, 7) is 5.79. The number of aryl methyl sites for hydroxylation is 3. The second-order valence-electron chi connectivity index (χ2n) is 8.61. The average Bonchev–Trinajstić information content (AvgIpc) is 3.32. The first-order valence-electron chi connectivity index (χ1n) is 10.4. The highest BCUT2D eigenvalue weighted by Crippen LogP contribution is 2.25. The Kier molecular flexibility index (Phi) is 7.36. The Balaban J connectivity index is 1.94. The summed E-state index contributed by atoms with van der Waals surface area (Å²) in [5.41, 5.74) is 0.633. The Labute approximate surface area is 195 Å². The number of aliphatic carboxylic acids is 1. The molecule has 7 nitrogen and oxygen atoms in total. The van der Waals surface area contributed by atoms with Crippen molar-refractivity contribution in [3.05, 3.63) is 61.8 Å². The van der Waals surface area contributed by atoms with Gasteiger partial charge in [-0.05, 0) is 49.6 Å². The Morgan fingerprint density at radius 2 is 1.94 bits per heavy atom. The van der Waals surface area contributed by atoms with E-state index < -0.39 is 11.4 Å². The SMILES string of the molecule is CC(C)(C)C(=O)n1nc(-c2cccn(CCCC(=O)O)c2=O)cc1CCc1ccc(Cl)s1. The van der Waals surface area contributed by atoms with Crippen LogP contribution in [0.5, 0.6) is 0 Å². The van der Waals surface area contributed by atoms with Crippen molar-refractivity contribution in [2.45, 2.75) is 53.0 Å². The quantitative estimate of drug-likeness (QED) is 0.506. The van der Waals surface area contributed by atoms with Crippen LogP contribution < -0.4 is 5.56 Å². The summed E-state index contributed by atoms with van der Waals surface area (Å²) in [5.74, 6) is -1.05. The lowest BCUT2D eigenvalue weighted by Gasteiger charge is -2.17. The topological polar surface area (TPSA) is 94.2 Å². The van der Waals surface area contributed by atoms with Crippen molar-refractivity contribution < 1.29 is 14.7 Å². The number of carbonyl (C=O) groups excluding carboxylic acids is 1. The molecular formula is C23H26ClN3O4S. The molecule has 0 fully saturated rings. The van der Waals surface area contributed by atoms with Crippen LogP contribution in [0.4, 0.5) is 0 Å². The molecule has 0 aliphatic heterocycles. The van der Waals surface area contributed by atoms with Crippen molar-refractivity contribution in [3.8, 4) is 11.3 Å². The van der Waals surface area contributed by atoms with Crippen molar-refractivity contribution >= 4 is 34.8 Å². The molecule has 3 aromatic heterocycles. The van der Waals surface area contributed by atoms with Gasteiger partial charge in [0.2, 0.25) is 0 Å². The molecular weight excluding hydrogens is 450 g/mol. The van der Waals surface area contributed by atoms with Crippen LogP contribution in [0, 0.1) is 5.41 Å². The van der Waals surface area contributed by atoms with E-state index in [1.54, 1.807) is 24.4 Å². The van der Waals surface area contributed by atoms with Crippen molar-refractivity contribution in [3.63, 3.8) is 0 Å². The molecule has 0 atom stereocenters. The van der Waals surface area contributed by atoms with Crippen LogP contribution in [-0.2, 0) is 24.2 Å². The molecule has 9 heteroatoms. The van der Waals surface area contributed by atoms with Gasteiger partial charge in [0.05, 0.1) is 15.6 Å². The third-order valence-electron chi connectivity index (χ3n) is 4.96. The van der Waals surface area contributed by atoms with Crippen LogP contribution in [0.1, 0.15) is 49.0 Å². The van der Waals surface area contributed by atoms with E-state index in [0.29, 0.717) is 41.4 Å². The lowest BCUT2D eigenvalue weighted by Crippen LogP contribution is -2.29. The van der Waals surface area contributed by atoms with Crippen LogP contribution in [-0.4, -0.2) is 31.3 Å². The highest BCUT2D eigenvalue weighted by molar-refractivity contribution is 7.16. The second-order valence-corrected chi connectivity index (χ2v) is 10.4. The van der Waals surface area contributed by atoms with E-state index in [-0.39, 0.29) is 17.9 Å². The maximum atomic E-state index is 13.0. The fraction of sp³-hybridized carbons (Fsp3) is 0.391. The number of thiophene rings is 1. The normalized spacial score (nSPS) is 11.6. The molecule has 3 aromatic rings. The summed E-state index contributed by atoms with van der Waals surface area (Å²) in [4.78, 5) is 37.9. The van der Waals surface area contributed by atoms with Crippen LogP contribution in [0.15, 0.2) is 41.3 Å². The number of carboxylic acid groups (broad SMARTS) is 1. The minimum absolute atomic E-state index is 0.0116. The van der Waals surface area contributed by atoms with E-state index in [2.05, 4.69) is 5.10 Å². The Hall–Kier alpha value is -2.71. The van der Waals surface area contributed by atoms with Crippen molar-refractivity contribution in [2.24, 2.45) is 5.41 Å². The largest absolute Gasteiger partial charge is 0.481 e.